The summed E-state index contributed by atoms with van der Waals surface area (Å²) >= 11 is 0. The third-order valence-electron chi connectivity index (χ3n) is 5.24. The van der Waals surface area contributed by atoms with Crippen LogP contribution in [0.1, 0.15) is 11.4 Å². The van der Waals surface area contributed by atoms with Crippen LogP contribution in [0.5, 0.6) is 23.3 Å². The van der Waals surface area contributed by atoms with Gasteiger partial charge < -0.3 is 19.3 Å². The van der Waals surface area contributed by atoms with Crippen LogP contribution in [-0.2, 0) is 0 Å². The topological polar surface area (TPSA) is 55.1 Å². The molecule has 1 aliphatic rings. The normalized spacial score (nSPS) is 13.3. The van der Waals surface area contributed by atoms with Gasteiger partial charge in [-0.25, -0.2) is 9.97 Å². The molecular weight excluding hydrogens is 390 g/mol. The van der Waals surface area contributed by atoms with E-state index in [9.17, 15) is 0 Å². The molecule has 0 atom stereocenters. The van der Waals surface area contributed by atoms with Crippen molar-refractivity contribution in [1.29, 1.82) is 0 Å². The summed E-state index contributed by atoms with van der Waals surface area (Å²) in [4.78, 5) is 13.2. The molecule has 0 aliphatic carbocycles. The predicted octanol–water partition coefficient (Wildman–Crippen LogP) is 5.11. The Morgan fingerprint density at radius 2 is 1.81 bits per heavy atom. The van der Waals surface area contributed by atoms with Crippen LogP contribution in [0.25, 0.3) is 5.65 Å². The van der Waals surface area contributed by atoms with Crippen molar-refractivity contribution >= 4 is 11.3 Å². The first-order valence-corrected chi connectivity index (χ1v) is 10.1. The number of anilines is 1. The molecule has 0 unspecified atom stereocenters. The number of fused-ring (bicyclic) bond motifs is 1. The van der Waals surface area contributed by atoms with E-state index in [1.807, 2.05) is 80.0 Å². The summed E-state index contributed by atoms with van der Waals surface area (Å²) in [5.41, 5.74) is 3.78. The summed E-state index contributed by atoms with van der Waals surface area (Å²) in [7, 11) is 2.05. The van der Waals surface area contributed by atoms with Crippen molar-refractivity contribution in [3.63, 3.8) is 0 Å². The minimum absolute atomic E-state index is 0.513. The number of rotatable bonds is 5. The molecular formula is C24H23N5O2. The minimum atomic E-state index is 0.513. The van der Waals surface area contributed by atoms with Crippen molar-refractivity contribution in [2.45, 2.75) is 13.8 Å². The first kappa shape index (κ1) is 19.0. The predicted molar refractivity (Wildman–Crippen MR) is 120 cm³/mol. The van der Waals surface area contributed by atoms with Crippen molar-refractivity contribution < 1.29 is 9.47 Å². The van der Waals surface area contributed by atoms with Gasteiger partial charge in [0.05, 0.1) is 12.4 Å². The van der Waals surface area contributed by atoms with Crippen LogP contribution in [-0.4, -0.2) is 33.0 Å². The minimum Gasteiger partial charge on any atom is -0.457 e. The molecule has 7 heteroatoms. The van der Waals surface area contributed by atoms with Gasteiger partial charge in [0.1, 0.15) is 17.1 Å². The van der Waals surface area contributed by atoms with Gasteiger partial charge in [-0.2, -0.15) is 0 Å². The zero-order valence-electron chi connectivity index (χ0n) is 17.7. The summed E-state index contributed by atoms with van der Waals surface area (Å²) in [6.07, 6.45) is 5.81. The standard InChI is InChI=1S/C24H23N5O2/c1-17-18(2)29-22(26-17)14-21(15-24(29)31-23-9-4-5-10-25-23)30-20-8-6-7-19(13-20)28-12-11-27(3)16-28/h4-15H,16H2,1-3H3. The Hall–Kier alpha value is -4.00. The van der Waals surface area contributed by atoms with Crippen LogP contribution >= 0.6 is 0 Å². The Morgan fingerprint density at radius 3 is 2.58 bits per heavy atom. The van der Waals surface area contributed by atoms with Gasteiger partial charge in [-0.3, -0.25) is 4.40 Å². The maximum absolute atomic E-state index is 6.22. The van der Waals surface area contributed by atoms with Gasteiger partial charge in [-0.1, -0.05) is 12.1 Å². The lowest BCUT2D eigenvalue weighted by atomic mass is 10.3. The van der Waals surface area contributed by atoms with Gasteiger partial charge in [0.15, 0.2) is 0 Å². The van der Waals surface area contributed by atoms with Gasteiger partial charge in [0.2, 0.25) is 11.8 Å². The molecule has 0 N–H and O–H groups in total. The molecule has 7 nitrogen and oxygen atoms in total. The summed E-state index contributed by atoms with van der Waals surface area (Å²) < 4.78 is 14.3. The van der Waals surface area contributed by atoms with Gasteiger partial charge >= 0.3 is 0 Å². The van der Waals surface area contributed by atoms with Crippen LogP contribution in [0, 0.1) is 13.8 Å². The van der Waals surface area contributed by atoms with Crippen molar-refractivity contribution in [3.05, 3.63) is 84.6 Å². The molecule has 0 saturated carbocycles. The molecule has 0 radical (unpaired) electrons. The Balaban J connectivity index is 1.50. The van der Waals surface area contributed by atoms with Crippen LogP contribution < -0.4 is 14.4 Å². The molecule has 4 aromatic rings. The van der Waals surface area contributed by atoms with E-state index in [0.29, 0.717) is 17.5 Å². The highest BCUT2D eigenvalue weighted by Gasteiger charge is 2.15. The average Bonchev–Trinajstić information content (AvgIpc) is 3.32. The zero-order chi connectivity index (χ0) is 21.4. The maximum atomic E-state index is 6.22. The molecule has 3 aromatic heterocycles. The molecule has 156 valence electrons. The highest BCUT2D eigenvalue weighted by atomic mass is 16.5. The number of aryl methyl sites for hydroxylation is 2. The van der Waals surface area contributed by atoms with Gasteiger partial charge in [-0.15, -0.1) is 0 Å². The van der Waals surface area contributed by atoms with Crippen LogP contribution in [0.3, 0.4) is 0 Å². The molecule has 0 spiro atoms. The molecule has 5 rings (SSSR count). The molecule has 4 heterocycles. The molecule has 0 saturated heterocycles. The van der Waals surface area contributed by atoms with E-state index >= 15 is 0 Å². The number of hydrogen-bond donors (Lipinski definition) is 0. The van der Waals surface area contributed by atoms with Gasteiger partial charge in [0, 0.05) is 61.3 Å². The van der Waals surface area contributed by atoms with Crippen molar-refractivity contribution in [1.82, 2.24) is 19.3 Å². The van der Waals surface area contributed by atoms with Crippen molar-refractivity contribution in [2.24, 2.45) is 0 Å². The lowest BCUT2D eigenvalue weighted by Gasteiger charge is -2.19. The molecule has 0 fully saturated rings. The molecule has 1 aliphatic heterocycles. The largest absolute Gasteiger partial charge is 0.457 e. The number of pyridine rings is 2. The number of benzene rings is 1. The maximum Gasteiger partial charge on any atom is 0.221 e. The lowest BCUT2D eigenvalue weighted by Crippen LogP contribution is -2.21. The summed E-state index contributed by atoms with van der Waals surface area (Å²) in [5, 5.41) is 0. The Bertz CT molecular complexity index is 1270. The average molecular weight is 413 g/mol. The molecule has 31 heavy (non-hydrogen) atoms. The molecule has 0 amide bonds. The second kappa shape index (κ2) is 7.68. The van der Waals surface area contributed by atoms with Crippen LogP contribution in [0.15, 0.2) is 73.2 Å². The van der Waals surface area contributed by atoms with E-state index in [0.717, 1.165) is 35.1 Å². The Labute approximate surface area is 180 Å². The Kier molecular flexibility index (Phi) is 4.71. The van der Waals surface area contributed by atoms with E-state index in [2.05, 4.69) is 32.0 Å². The van der Waals surface area contributed by atoms with Crippen LogP contribution in [0.2, 0.25) is 0 Å². The van der Waals surface area contributed by atoms with Crippen molar-refractivity contribution in [2.75, 3.05) is 18.6 Å². The highest BCUT2D eigenvalue weighted by Crippen LogP contribution is 2.33. The number of aromatic nitrogens is 3. The fourth-order valence-electron chi connectivity index (χ4n) is 3.57. The van der Waals surface area contributed by atoms with E-state index in [1.54, 1.807) is 6.20 Å². The highest BCUT2D eigenvalue weighted by molar-refractivity contribution is 5.56. The number of nitrogens with zero attached hydrogens (tertiary/aromatic N) is 5. The second-order valence-corrected chi connectivity index (χ2v) is 7.54. The molecule has 1 aromatic carbocycles. The van der Waals surface area contributed by atoms with E-state index in [-0.39, 0.29) is 0 Å². The fourth-order valence-corrected chi connectivity index (χ4v) is 3.57. The first-order chi connectivity index (χ1) is 15.1. The number of imidazole rings is 1. The first-order valence-electron chi connectivity index (χ1n) is 10.1. The number of ether oxygens (including phenoxy) is 2. The quantitative estimate of drug-likeness (QED) is 0.453. The molecule has 0 bridgehead atoms. The van der Waals surface area contributed by atoms with Gasteiger partial charge in [0.25, 0.3) is 0 Å². The Morgan fingerprint density at radius 1 is 0.903 bits per heavy atom. The van der Waals surface area contributed by atoms with Crippen molar-refractivity contribution in [3.8, 4) is 23.3 Å². The third kappa shape index (κ3) is 3.77. The third-order valence-corrected chi connectivity index (χ3v) is 5.24. The smallest absolute Gasteiger partial charge is 0.221 e. The zero-order valence-corrected chi connectivity index (χ0v) is 17.7. The monoisotopic (exact) mass is 413 g/mol. The van der Waals surface area contributed by atoms with E-state index < -0.39 is 0 Å². The summed E-state index contributed by atoms with van der Waals surface area (Å²) in [6, 6.07) is 17.4. The lowest BCUT2D eigenvalue weighted by molar-refractivity contribution is 0.427. The SMILES string of the molecule is Cc1nc2cc(Oc3cccc(N4C=CN(C)C4)c3)cc(Oc3ccccn3)n2c1C. The summed E-state index contributed by atoms with van der Waals surface area (Å²) in [5.74, 6) is 2.51. The second-order valence-electron chi connectivity index (χ2n) is 7.54. The summed E-state index contributed by atoms with van der Waals surface area (Å²) in [6.45, 7) is 4.81. The van der Waals surface area contributed by atoms with E-state index in [1.165, 1.54) is 0 Å². The van der Waals surface area contributed by atoms with E-state index in [4.69, 9.17) is 9.47 Å². The fraction of sp³-hybridized carbons (Fsp3) is 0.167. The van der Waals surface area contributed by atoms with Gasteiger partial charge in [-0.05, 0) is 32.0 Å². The van der Waals surface area contributed by atoms with Crippen LogP contribution in [0.4, 0.5) is 5.69 Å². The number of hydrogen-bond acceptors (Lipinski definition) is 6.